The van der Waals surface area contributed by atoms with Crippen molar-refractivity contribution in [3.05, 3.63) is 94.4 Å². The predicted molar refractivity (Wildman–Crippen MR) is 109 cm³/mol. The van der Waals surface area contributed by atoms with E-state index < -0.39 is 11.7 Å². The lowest BCUT2D eigenvalue weighted by Gasteiger charge is -2.08. The second kappa shape index (κ2) is 7.59. The van der Waals surface area contributed by atoms with Crippen LogP contribution >= 0.6 is 0 Å². The van der Waals surface area contributed by atoms with E-state index >= 15 is 0 Å². The van der Waals surface area contributed by atoms with Crippen LogP contribution in [-0.2, 0) is 0 Å². The molecule has 0 radical (unpaired) electrons. The Kier molecular flexibility index (Phi) is 4.83. The minimum absolute atomic E-state index is 0.227. The van der Waals surface area contributed by atoms with Crippen molar-refractivity contribution in [2.75, 3.05) is 12.4 Å². The summed E-state index contributed by atoms with van der Waals surface area (Å²) < 4.78 is 24.0. The van der Waals surface area contributed by atoms with Crippen molar-refractivity contribution >= 4 is 22.6 Å². The Bertz CT molecular complexity index is 1240. The number of carbonyl (C=O) groups excluding carboxylic acids is 1. The summed E-state index contributed by atoms with van der Waals surface area (Å²) in [6.07, 6.45) is 0. The van der Waals surface area contributed by atoms with Crippen LogP contribution in [0, 0.1) is 5.82 Å². The molecule has 5 nitrogen and oxygen atoms in total. The molecule has 3 aromatic carbocycles. The maximum Gasteiger partial charge on any atom is 0.255 e. The van der Waals surface area contributed by atoms with Crippen LogP contribution in [-0.4, -0.2) is 13.0 Å². The first-order chi connectivity index (χ1) is 14.0. The van der Waals surface area contributed by atoms with Gasteiger partial charge in [0.25, 0.3) is 5.91 Å². The molecule has 0 unspecified atom stereocenters. The lowest BCUT2D eigenvalue weighted by molar-refractivity contribution is 0.102. The standard InChI is InChI=1S/C23H16FNO4/c1-28-18-9-4-14(5-10-18)22-13-20(26)19-12-17(8-11-21(19)29-22)25-23(27)15-2-6-16(24)7-3-15/h2-13H,1H3,(H,25,27). The molecule has 1 aromatic heterocycles. The highest BCUT2D eigenvalue weighted by molar-refractivity contribution is 6.05. The monoisotopic (exact) mass is 389 g/mol. The third-order valence-electron chi connectivity index (χ3n) is 4.47. The molecule has 1 heterocycles. The Morgan fingerprint density at radius 2 is 1.69 bits per heavy atom. The number of anilines is 1. The maximum atomic E-state index is 13.0. The fourth-order valence-electron chi connectivity index (χ4n) is 2.94. The molecule has 1 amide bonds. The van der Waals surface area contributed by atoms with E-state index in [0.717, 1.165) is 5.56 Å². The van der Waals surface area contributed by atoms with Gasteiger partial charge in [-0.05, 0) is 66.7 Å². The predicted octanol–water partition coefficient (Wildman–Crippen LogP) is 4.86. The van der Waals surface area contributed by atoms with Gasteiger partial charge in [0.15, 0.2) is 5.43 Å². The first-order valence-electron chi connectivity index (χ1n) is 8.83. The third-order valence-corrected chi connectivity index (χ3v) is 4.47. The summed E-state index contributed by atoms with van der Waals surface area (Å²) in [5.74, 6) is 0.327. The van der Waals surface area contributed by atoms with Gasteiger partial charge in [-0.2, -0.15) is 0 Å². The number of amides is 1. The molecule has 0 saturated carbocycles. The second-order valence-corrected chi connectivity index (χ2v) is 6.38. The Morgan fingerprint density at radius 1 is 0.966 bits per heavy atom. The normalized spacial score (nSPS) is 10.7. The molecule has 0 saturated heterocycles. The molecular formula is C23H16FNO4. The molecule has 6 heteroatoms. The summed E-state index contributed by atoms with van der Waals surface area (Å²) in [5.41, 5.74) is 1.68. The Balaban J connectivity index is 1.64. The van der Waals surface area contributed by atoms with E-state index in [1.165, 1.54) is 30.3 Å². The van der Waals surface area contributed by atoms with Crippen molar-refractivity contribution in [2.45, 2.75) is 0 Å². The summed E-state index contributed by atoms with van der Waals surface area (Å²) in [5, 5.41) is 3.05. The number of carbonyl (C=O) groups is 1. The zero-order chi connectivity index (χ0) is 20.4. The van der Waals surface area contributed by atoms with E-state index in [2.05, 4.69) is 5.32 Å². The second-order valence-electron chi connectivity index (χ2n) is 6.38. The Morgan fingerprint density at radius 3 is 2.38 bits per heavy atom. The van der Waals surface area contributed by atoms with Crippen LogP contribution in [0.3, 0.4) is 0 Å². The first-order valence-corrected chi connectivity index (χ1v) is 8.83. The molecule has 0 aliphatic carbocycles. The lowest BCUT2D eigenvalue weighted by Crippen LogP contribution is -2.12. The fraction of sp³-hybridized carbons (Fsp3) is 0.0435. The average molecular weight is 389 g/mol. The van der Waals surface area contributed by atoms with Gasteiger partial charge < -0.3 is 14.5 Å². The van der Waals surface area contributed by atoms with E-state index in [4.69, 9.17) is 9.15 Å². The number of rotatable bonds is 4. The van der Waals surface area contributed by atoms with Crippen molar-refractivity contribution in [3.8, 4) is 17.1 Å². The van der Waals surface area contributed by atoms with Gasteiger partial charge in [0.2, 0.25) is 0 Å². The van der Waals surface area contributed by atoms with Gasteiger partial charge in [-0.1, -0.05) is 0 Å². The number of methoxy groups -OCH3 is 1. The molecule has 0 atom stereocenters. The van der Waals surface area contributed by atoms with E-state index in [-0.39, 0.29) is 5.43 Å². The highest BCUT2D eigenvalue weighted by Gasteiger charge is 2.11. The number of hydrogen-bond donors (Lipinski definition) is 1. The Labute approximate surface area is 165 Å². The third kappa shape index (κ3) is 3.87. The zero-order valence-electron chi connectivity index (χ0n) is 15.4. The molecule has 0 aliphatic rings. The van der Waals surface area contributed by atoms with Gasteiger partial charge in [0.05, 0.1) is 12.5 Å². The smallest absolute Gasteiger partial charge is 0.255 e. The summed E-state index contributed by atoms with van der Waals surface area (Å²) in [7, 11) is 1.58. The summed E-state index contributed by atoms with van der Waals surface area (Å²) in [6, 6.07) is 18.6. The summed E-state index contributed by atoms with van der Waals surface area (Å²) in [6.45, 7) is 0. The minimum atomic E-state index is -0.419. The molecule has 0 aliphatic heterocycles. The van der Waals surface area contributed by atoms with Crippen LogP contribution in [0.25, 0.3) is 22.3 Å². The number of ether oxygens (including phenoxy) is 1. The van der Waals surface area contributed by atoms with Crippen LogP contribution in [0.2, 0.25) is 0 Å². The van der Waals surface area contributed by atoms with Crippen LogP contribution < -0.4 is 15.5 Å². The molecule has 0 spiro atoms. The SMILES string of the molecule is COc1ccc(-c2cc(=O)c3cc(NC(=O)c4ccc(F)cc4)ccc3o2)cc1. The van der Waals surface area contributed by atoms with Crippen LogP contribution in [0.1, 0.15) is 10.4 Å². The first kappa shape index (κ1) is 18.4. The number of hydrogen-bond acceptors (Lipinski definition) is 4. The number of benzene rings is 3. The van der Waals surface area contributed by atoms with E-state index in [9.17, 15) is 14.0 Å². The topological polar surface area (TPSA) is 68.5 Å². The van der Waals surface area contributed by atoms with Gasteiger partial charge in [-0.15, -0.1) is 0 Å². The van der Waals surface area contributed by atoms with Crippen LogP contribution in [0.15, 0.2) is 82.0 Å². The van der Waals surface area contributed by atoms with Crippen LogP contribution in [0.4, 0.5) is 10.1 Å². The molecule has 1 N–H and O–H groups in total. The van der Waals surface area contributed by atoms with Crippen molar-refractivity contribution in [1.82, 2.24) is 0 Å². The average Bonchev–Trinajstić information content (AvgIpc) is 2.74. The largest absolute Gasteiger partial charge is 0.497 e. The molecule has 0 fully saturated rings. The number of fused-ring (bicyclic) bond motifs is 1. The Hall–Kier alpha value is -3.93. The zero-order valence-corrected chi connectivity index (χ0v) is 15.4. The summed E-state index contributed by atoms with van der Waals surface area (Å²) in [4.78, 5) is 24.9. The van der Waals surface area contributed by atoms with Crippen molar-refractivity contribution in [2.24, 2.45) is 0 Å². The van der Waals surface area contributed by atoms with Crippen molar-refractivity contribution < 1.29 is 18.3 Å². The maximum absolute atomic E-state index is 13.0. The van der Waals surface area contributed by atoms with E-state index in [1.807, 2.05) is 0 Å². The van der Waals surface area contributed by atoms with Crippen LogP contribution in [0.5, 0.6) is 5.75 Å². The van der Waals surface area contributed by atoms with Gasteiger partial charge >= 0.3 is 0 Å². The van der Waals surface area contributed by atoms with E-state index in [1.54, 1.807) is 49.6 Å². The molecular weight excluding hydrogens is 373 g/mol. The highest BCUT2D eigenvalue weighted by atomic mass is 19.1. The van der Waals surface area contributed by atoms with E-state index in [0.29, 0.717) is 33.7 Å². The molecule has 29 heavy (non-hydrogen) atoms. The van der Waals surface area contributed by atoms with Gasteiger partial charge in [-0.25, -0.2) is 4.39 Å². The number of nitrogens with one attached hydrogen (secondary N) is 1. The van der Waals surface area contributed by atoms with Gasteiger partial charge in [-0.3, -0.25) is 9.59 Å². The van der Waals surface area contributed by atoms with Crippen molar-refractivity contribution in [1.29, 1.82) is 0 Å². The minimum Gasteiger partial charge on any atom is -0.497 e. The number of halogens is 1. The summed E-state index contributed by atoms with van der Waals surface area (Å²) >= 11 is 0. The molecule has 144 valence electrons. The van der Waals surface area contributed by atoms with Gasteiger partial charge in [0, 0.05) is 22.9 Å². The highest BCUT2D eigenvalue weighted by Crippen LogP contribution is 2.25. The lowest BCUT2D eigenvalue weighted by atomic mass is 10.1. The molecule has 0 bridgehead atoms. The molecule has 4 rings (SSSR count). The quantitative estimate of drug-likeness (QED) is 0.541. The fourth-order valence-corrected chi connectivity index (χ4v) is 2.94. The molecule has 4 aromatic rings. The van der Waals surface area contributed by atoms with Crippen molar-refractivity contribution in [3.63, 3.8) is 0 Å². The van der Waals surface area contributed by atoms with Gasteiger partial charge in [0.1, 0.15) is 22.9 Å².